The van der Waals surface area contributed by atoms with Gasteiger partial charge in [-0.1, -0.05) is 70.4 Å². The molecule has 0 radical (unpaired) electrons. The van der Waals surface area contributed by atoms with E-state index in [0.717, 1.165) is 25.8 Å². The Kier molecular flexibility index (Phi) is 26.2. The summed E-state index contributed by atoms with van der Waals surface area (Å²) in [5.41, 5.74) is 0. The number of unbranched alkanes of at least 4 members (excludes halogenated alkanes) is 11. The van der Waals surface area contributed by atoms with Crippen LogP contribution in [0.3, 0.4) is 0 Å². The third-order valence-corrected chi connectivity index (χ3v) is 6.14. The van der Waals surface area contributed by atoms with Crippen LogP contribution in [0.1, 0.15) is 103 Å². The Hall–Kier alpha value is -0.620. The summed E-state index contributed by atoms with van der Waals surface area (Å²) in [7, 11) is 2.04. The third kappa shape index (κ3) is 22.6. The smallest absolute Gasteiger partial charge is 0.219 e. The molecular formula is C26H53ClN2O3. The molecule has 32 heavy (non-hydrogen) atoms. The first-order valence-electron chi connectivity index (χ1n) is 13.0. The fourth-order valence-electron chi connectivity index (χ4n) is 3.95. The second-order valence-electron chi connectivity index (χ2n) is 9.28. The first kappa shape index (κ1) is 33.6. The van der Waals surface area contributed by atoms with Crippen LogP contribution in [0.5, 0.6) is 0 Å². The Bertz CT molecular complexity index is 427. The van der Waals surface area contributed by atoms with Gasteiger partial charge in [-0.15, -0.1) is 0 Å². The molecule has 0 aromatic rings. The lowest BCUT2D eigenvalue weighted by atomic mass is 10.1. The van der Waals surface area contributed by atoms with Crippen LogP contribution in [0.15, 0.2) is 12.2 Å². The number of halogens is 1. The maximum Gasteiger partial charge on any atom is 0.219 e. The molecule has 192 valence electrons. The molecule has 5 nitrogen and oxygen atoms in total. The van der Waals surface area contributed by atoms with Crippen LogP contribution in [-0.2, 0) is 4.79 Å². The fourth-order valence-corrected chi connectivity index (χ4v) is 3.95. The van der Waals surface area contributed by atoms with Gasteiger partial charge in [0.25, 0.3) is 0 Å². The van der Waals surface area contributed by atoms with E-state index in [-0.39, 0.29) is 31.5 Å². The number of carbonyl (C=O) groups is 1. The van der Waals surface area contributed by atoms with Gasteiger partial charge in [0.1, 0.15) is 13.1 Å². The van der Waals surface area contributed by atoms with Crippen LogP contribution in [-0.4, -0.2) is 67.0 Å². The highest BCUT2D eigenvalue weighted by molar-refractivity contribution is 5.75. The number of allylic oxidation sites excluding steroid dienone is 2. The van der Waals surface area contributed by atoms with E-state index in [1.807, 2.05) is 7.05 Å². The van der Waals surface area contributed by atoms with Gasteiger partial charge in [-0.2, -0.15) is 0 Å². The summed E-state index contributed by atoms with van der Waals surface area (Å²) in [6.07, 6.45) is 22.7. The number of aliphatic hydroxyl groups is 2. The summed E-state index contributed by atoms with van der Waals surface area (Å²) < 4.78 is 0.650. The second-order valence-corrected chi connectivity index (χ2v) is 9.28. The minimum Gasteiger partial charge on any atom is -1.00 e. The Morgan fingerprint density at radius 1 is 0.750 bits per heavy atom. The standard InChI is InChI=1S/C26H52N2O3.ClH/c1-3-4-5-6-7-8-9-10-11-12-13-14-15-16-17-19-26(31)27-20-18-21-28(2,22-24-29)23-25-30;/h10-11,29-30H,3-9,12-25H2,1-2H3;1H/b11-10-;. The van der Waals surface area contributed by atoms with Crippen molar-refractivity contribution in [3.8, 4) is 0 Å². The molecule has 0 saturated carbocycles. The van der Waals surface area contributed by atoms with Gasteiger partial charge in [-0.25, -0.2) is 0 Å². The van der Waals surface area contributed by atoms with E-state index in [2.05, 4.69) is 24.4 Å². The van der Waals surface area contributed by atoms with Crippen LogP contribution in [0.25, 0.3) is 0 Å². The Morgan fingerprint density at radius 2 is 1.25 bits per heavy atom. The van der Waals surface area contributed by atoms with E-state index in [1.54, 1.807) is 0 Å². The molecular weight excluding hydrogens is 424 g/mol. The summed E-state index contributed by atoms with van der Waals surface area (Å²) in [6, 6.07) is 0. The van der Waals surface area contributed by atoms with Crippen molar-refractivity contribution in [3.63, 3.8) is 0 Å². The maximum absolute atomic E-state index is 11.9. The average Bonchev–Trinajstić information content (AvgIpc) is 2.74. The van der Waals surface area contributed by atoms with Gasteiger partial charge in [-0.05, 0) is 32.1 Å². The van der Waals surface area contributed by atoms with E-state index in [1.165, 1.54) is 70.6 Å². The molecule has 0 rings (SSSR count). The lowest BCUT2D eigenvalue weighted by Gasteiger charge is -2.33. The van der Waals surface area contributed by atoms with Crippen LogP contribution in [0, 0.1) is 0 Å². The molecule has 0 atom stereocenters. The largest absolute Gasteiger partial charge is 1.00 e. The summed E-state index contributed by atoms with van der Waals surface area (Å²) in [5, 5.41) is 21.3. The summed E-state index contributed by atoms with van der Waals surface area (Å²) in [5.74, 6) is 0.149. The zero-order valence-electron chi connectivity index (χ0n) is 21.1. The number of aliphatic hydroxyl groups excluding tert-OH is 2. The van der Waals surface area contributed by atoms with E-state index in [4.69, 9.17) is 10.2 Å². The minimum absolute atomic E-state index is 0. The molecule has 0 aliphatic carbocycles. The monoisotopic (exact) mass is 476 g/mol. The molecule has 0 unspecified atom stereocenters. The molecule has 0 aliphatic rings. The number of nitrogens with zero attached hydrogens (tertiary/aromatic N) is 1. The molecule has 0 aromatic carbocycles. The highest BCUT2D eigenvalue weighted by atomic mass is 35.5. The van der Waals surface area contributed by atoms with Crippen LogP contribution in [0.2, 0.25) is 0 Å². The maximum atomic E-state index is 11.9. The Morgan fingerprint density at radius 3 is 1.78 bits per heavy atom. The van der Waals surface area contributed by atoms with Gasteiger partial charge in [0.2, 0.25) is 5.91 Å². The molecule has 3 N–H and O–H groups in total. The zero-order chi connectivity index (χ0) is 23.0. The van der Waals surface area contributed by atoms with Crippen LogP contribution in [0.4, 0.5) is 0 Å². The predicted molar refractivity (Wildman–Crippen MR) is 132 cm³/mol. The van der Waals surface area contributed by atoms with Gasteiger partial charge < -0.3 is 32.4 Å². The molecule has 0 aliphatic heterocycles. The van der Waals surface area contributed by atoms with Gasteiger partial charge in [-0.3, -0.25) is 4.79 Å². The number of carbonyl (C=O) groups excluding carboxylic acids is 1. The molecule has 0 aromatic heterocycles. The highest BCUT2D eigenvalue weighted by Gasteiger charge is 2.19. The van der Waals surface area contributed by atoms with E-state index < -0.39 is 0 Å². The van der Waals surface area contributed by atoms with Crippen molar-refractivity contribution in [2.75, 3.05) is 46.4 Å². The zero-order valence-corrected chi connectivity index (χ0v) is 21.9. The van der Waals surface area contributed by atoms with Crippen molar-refractivity contribution in [1.82, 2.24) is 5.32 Å². The SMILES string of the molecule is CCCCCCCC/C=C\CCCCCCCC(=O)NCCC[N+](C)(CCO)CCO.[Cl-]. The van der Waals surface area contributed by atoms with E-state index in [9.17, 15) is 4.79 Å². The van der Waals surface area contributed by atoms with Crippen molar-refractivity contribution < 1.29 is 31.9 Å². The first-order valence-corrected chi connectivity index (χ1v) is 13.0. The van der Waals surface area contributed by atoms with E-state index >= 15 is 0 Å². The topological polar surface area (TPSA) is 69.6 Å². The van der Waals surface area contributed by atoms with Gasteiger partial charge >= 0.3 is 0 Å². The first-order chi connectivity index (χ1) is 15.1. The molecule has 0 heterocycles. The van der Waals surface area contributed by atoms with Crippen LogP contribution >= 0.6 is 0 Å². The van der Waals surface area contributed by atoms with E-state index in [0.29, 0.717) is 30.5 Å². The average molecular weight is 477 g/mol. The molecule has 0 fully saturated rings. The van der Waals surface area contributed by atoms with Crippen molar-refractivity contribution in [3.05, 3.63) is 12.2 Å². The van der Waals surface area contributed by atoms with Crippen LogP contribution < -0.4 is 17.7 Å². The highest BCUT2D eigenvalue weighted by Crippen LogP contribution is 2.10. The minimum atomic E-state index is 0. The van der Waals surface area contributed by atoms with Crippen molar-refractivity contribution in [1.29, 1.82) is 0 Å². The second kappa shape index (κ2) is 25.0. The Balaban J connectivity index is 0. The lowest BCUT2D eigenvalue weighted by Crippen LogP contribution is -3.00. The Labute approximate surface area is 205 Å². The molecule has 6 heteroatoms. The summed E-state index contributed by atoms with van der Waals surface area (Å²) >= 11 is 0. The number of rotatable bonds is 23. The normalized spacial score (nSPS) is 11.6. The number of hydrogen-bond donors (Lipinski definition) is 3. The number of hydrogen-bond acceptors (Lipinski definition) is 3. The summed E-state index contributed by atoms with van der Waals surface area (Å²) in [4.78, 5) is 11.9. The molecule has 0 bridgehead atoms. The van der Waals surface area contributed by atoms with Crippen molar-refractivity contribution >= 4 is 5.91 Å². The van der Waals surface area contributed by atoms with Gasteiger partial charge in [0.15, 0.2) is 0 Å². The molecule has 0 saturated heterocycles. The summed E-state index contributed by atoms with van der Waals surface area (Å²) in [6.45, 7) is 5.33. The van der Waals surface area contributed by atoms with Gasteiger partial charge in [0.05, 0.1) is 26.8 Å². The fraction of sp³-hybridized carbons (Fsp3) is 0.885. The number of quaternary nitrogens is 1. The number of likely N-dealkylation sites (N-methyl/N-ethyl adjacent to an activating group) is 1. The van der Waals surface area contributed by atoms with Crippen molar-refractivity contribution in [2.24, 2.45) is 0 Å². The number of nitrogens with one attached hydrogen (secondary N) is 1. The van der Waals surface area contributed by atoms with Gasteiger partial charge in [0, 0.05) is 19.4 Å². The number of amides is 1. The van der Waals surface area contributed by atoms with Crippen molar-refractivity contribution in [2.45, 2.75) is 103 Å². The predicted octanol–water partition coefficient (Wildman–Crippen LogP) is 1.97. The lowest BCUT2D eigenvalue weighted by molar-refractivity contribution is -0.910. The quantitative estimate of drug-likeness (QED) is 0.120. The molecule has 0 spiro atoms. The third-order valence-electron chi connectivity index (χ3n) is 6.14. The molecule has 1 amide bonds.